The van der Waals surface area contributed by atoms with Crippen LogP contribution in [0.4, 0.5) is 4.39 Å². The van der Waals surface area contributed by atoms with Gasteiger partial charge >= 0.3 is 0 Å². The number of amidine groups is 1. The first-order valence-electron chi connectivity index (χ1n) is 4.85. The van der Waals surface area contributed by atoms with Crippen molar-refractivity contribution >= 4 is 21.8 Å². The van der Waals surface area contributed by atoms with E-state index in [4.69, 9.17) is 5.84 Å². The van der Waals surface area contributed by atoms with Gasteiger partial charge in [-0.05, 0) is 54.9 Å². The average Bonchev–Trinajstić information content (AvgIpc) is 2.13. The van der Waals surface area contributed by atoms with Crippen LogP contribution in [0.2, 0.25) is 0 Å². The Morgan fingerprint density at radius 3 is 2.50 bits per heavy atom. The van der Waals surface area contributed by atoms with Crippen LogP contribution < -0.4 is 11.3 Å². The molecule has 0 aliphatic rings. The molecule has 0 radical (unpaired) electrons. The molecule has 0 amide bonds. The summed E-state index contributed by atoms with van der Waals surface area (Å²) in [5.41, 5.74) is 3.01. The summed E-state index contributed by atoms with van der Waals surface area (Å²) >= 11 is 3.28. The Kier molecular flexibility index (Phi) is 4.04. The molecule has 0 fully saturated rings. The van der Waals surface area contributed by atoms with Crippen LogP contribution in [0.1, 0.15) is 26.3 Å². The molecule has 0 saturated heterocycles. The van der Waals surface area contributed by atoms with Crippen LogP contribution in [0.15, 0.2) is 27.7 Å². The van der Waals surface area contributed by atoms with Gasteiger partial charge in [0.1, 0.15) is 11.7 Å². The third-order valence-corrected chi connectivity index (χ3v) is 2.43. The zero-order chi connectivity index (χ0) is 12.3. The van der Waals surface area contributed by atoms with E-state index in [9.17, 15) is 4.39 Å². The van der Waals surface area contributed by atoms with E-state index < -0.39 is 0 Å². The molecule has 88 valence electrons. The Bertz CT molecular complexity index is 410. The Morgan fingerprint density at radius 2 is 2.06 bits per heavy atom. The molecule has 1 aromatic carbocycles. The van der Waals surface area contributed by atoms with Gasteiger partial charge in [0.2, 0.25) is 0 Å². The van der Waals surface area contributed by atoms with Crippen molar-refractivity contribution in [3.05, 3.63) is 34.1 Å². The number of hydrazine groups is 1. The zero-order valence-corrected chi connectivity index (χ0v) is 11.1. The second kappa shape index (κ2) is 4.93. The molecule has 1 aromatic rings. The summed E-state index contributed by atoms with van der Waals surface area (Å²) in [6, 6.07) is 4.38. The largest absolute Gasteiger partial charge is 0.308 e. The van der Waals surface area contributed by atoms with Crippen LogP contribution in [0.5, 0.6) is 0 Å². The van der Waals surface area contributed by atoms with Crippen LogP contribution in [0.25, 0.3) is 0 Å². The summed E-state index contributed by atoms with van der Waals surface area (Å²) in [5.74, 6) is 5.65. The van der Waals surface area contributed by atoms with Crippen molar-refractivity contribution < 1.29 is 4.39 Å². The highest BCUT2D eigenvalue weighted by atomic mass is 79.9. The van der Waals surface area contributed by atoms with Gasteiger partial charge in [-0.3, -0.25) is 4.99 Å². The molecule has 0 heterocycles. The molecule has 16 heavy (non-hydrogen) atoms. The number of nitrogens with one attached hydrogen (secondary N) is 1. The number of nitrogens with two attached hydrogens (primary N) is 1. The van der Waals surface area contributed by atoms with Crippen molar-refractivity contribution in [2.75, 3.05) is 0 Å². The standard InChI is InChI=1S/C11H15BrFN3/c1-11(2,3)15-10(16-14)8-5-4-7(13)6-9(8)12/h4-6H,14H2,1-3H3,(H,15,16). The normalized spacial score (nSPS) is 12.8. The highest BCUT2D eigenvalue weighted by molar-refractivity contribution is 9.10. The SMILES string of the molecule is CC(C)(C)N=C(NN)c1ccc(F)cc1Br. The Morgan fingerprint density at radius 1 is 1.44 bits per heavy atom. The van der Waals surface area contributed by atoms with Gasteiger partial charge in [-0.1, -0.05) is 0 Å². The smallest absolute Gasteiger partial charge is 0.144 e. The fourth-order valence-electron chi connectivity index (χ4n) is 1.19. The van der Waals surface area contributed by atoms with Gasteiger partial charge in [-0.25, -0.2) is 10.2 Å². The summed E-state index contributed by atoms with van der Waals surface area (Å²) < 4.78 is 13.6. The molecular formula is C11H15BrFN3. The van der Waals surface area contributed by atoms with E-state index >= 15 is 0 Å². The van der Waals surface area contributed by atoms with Gasteiger partial charge < -0.3 is 5.43 Å². The highest BCUT2D eigenvalue weighted by Crippen LogP contribution is 2.19. The zero-order valence-electron chi connectivity index (χ0n) is 9.51. The lowest BCUT2D eigenvalue weighted by molar-refractivity contribution is 0.580. The number of aliphatic imine (C=N–C) groups is 1. The molecule has 0 saturated carbocycles. The minimum atomic E-state index is -0.303. The lowest BCUT2D eigenvalue weighted by Gasteiger charge is -2.16. The summed E-state index contributed by atoms with van der Waals surface area (Å²) in [5, 5.41) is 0. The molecule has 0 spiro atoms. The van der Waals surface area contributed by atoms with E-state index in [0.29, 0.717) is 10.3 Å². The van der Waals surface area contributed by atoms with Crippen molar-refractivity contribution in [1.82, 2.24) is 5.43 Å². The van der Waals surface area contributed by atoms with Gasteiger partial charge in [0, 0.05) is 10.0 Å². The maximum absolute atomic E-state index is 12.9. The molecule has 0 atom stereocenters. The maximum atomic E-state index is 12.9. The molecular weight excluding hydrogens is 273 g/mol. The molecule has 0 unspecified atom stereocenters. The number of hydrogen-bond acceptors (Lipinski definition) is 2. The molecule has 0 aromatic heterocycles. The van der Waals surface area contributed by atoms with Crippen molar-refractivity contribution in [3.63, 3.8) is 0 Å². The van der Waals surface area contributed by atoms with Crippen LogP contribution in [-0.2, 0) is 0 Å². The predicted octanol–water partition coefficient (Wildman–Crippen LogP) is 2.60. The minimum Gasteiger partial charge on any atom is -0.308 e. The first-order valence-corrected chi connectivity index (χ1v) is 5.64. The van der Waals surface area contributed by atoms with Crippen molar-refractivity contribution in [2.45, 2.75) is 26.3 Å². The fraction of sp³-hybridized carbons (Fsp3) is 0.364. The number of hydrogen-bond donors (Lipinski definition) is 2. The summed E-state index contributed by atoms with van der Waals surface area (Å²) in [6.07, 6.45) is 0. The van der Waals surface area contributed by atoms with E-state index in [0.717, 1.165) is 5.56 Å². The molecule has 1 rings (SSSR count). The van der Waals surface area contributed by atoms with E-state index in [2.05, 4.69) is 26.3 Å². The van der Waals surface area contributed by atoms with Crippen molar-refractivity contribution in [3.8, 4) is 0 Å². The van der Waals surface area contributed by atoms with Gasteiger partial charge in [-0.15, -0.1) is 0 Å². The fourth-order valence-corrected chi connectivity index (χ4v) is 1.73. The number of benzene rings is 1. The summed E-state index contributed by atoms with van der Waals surface area (Å²) in [4.78, 5) is 4.42. The second-order valence-electron chi connectivity index (χ2n) is 4.40. The molecule has 3 N–H and O–H groups in total. The average molecular weight is 288 g/mol. The molecule has 0 aliphatic carbocycles. The minimum absolute atomic E-state index is 0.254. The maximum Gasteiger partial charge on any atom is 0.144 e. The second-order valence-corrected chi connectivity index (χ2v) is 5.25. The first kappa shape index (κ1) is 13.1. The molecule has 0 aliphatic heterocycles. The Hall–Kier alpha value is -0.940. The number of halogens is 2. The summed E-state index contributed by atoms with van der Waals surface area (Å²) in [7, 11) is 0. The van der Waals surface area contributed by atoms with E-state index in [-0.39, 0.29) is 11.4 Å². The van der Waals surface area contributed by atoms with Crippen LogP contribution in [0.3, 0.4) is 0 Å². The molecule has 3 nitrogen and oxygen atoms in total. The third kappa shape index (κ3) is 3.57. The van der Waals surface area contributed by atoms with Crippen molar-refractivity contribution in [1.29, 1.82) is 0 Å². The van der Waals surface area contributed by atoms with Gasteiger partial charge in [0.05, 0.1) is 5.54 Å². The first-order chi connectivity index (χ1) is 7.33. The predicted molar refractivity (Wildman–Crippen MR) is 67.7 cm³/mol. The lowest BCUT2D eigenvalue weighted by Crippen LogP contribution is -2.34. The van der Waals surface area contributed by atoms with E-state index in [1.807, 2.05) is 20.8 Å². The molecule has 0 bridgehead atoms. The van der Waals surface area contributed by atoms with Crippen LogP contribution in [-0.4, -0.2) is 11.4 Å². The van der Waals surface area contributed by atoms with Crippen LogP contribution in [0, 0.1) is 5.82 Å². The monoisotopic (exact) mass is 287 g/mol. The molecule has 5 heteroatoms. The number of rotatable bonds is 1. The Balaban J connectivity index is 3.19. The quantitative estimate of drug-likeness (QED) is 0.361. The van der Waals surface area contributed by atoms with Gasteiger partial charge in [0.25, 0.3) is 0 Å². The summed E-state index contributed by atoms with van der Waals surface area (Å²) in [6.45, 7) is 5.88. The lowest BCUT2D eigenvalue weighted by atomic mass is 10.1. The van der Waals surface area contributed by atoms with Crippen LogP contribution >= 0.6 is 15.9 Å². The van der Waals surface area contributed by atoms with Gasteiger partial charge in [-0.2, -0.15) is 0 Å². The highest BCUT2D eigenvalue weighted by Gasteiger charge is 2.13. The van der Waals surface area contributed by atoms with E-state index in [1.54, 1.807) is 6.07 Å². The number of nitrogens with zero attached hydrogens (tertiary/aromatic N) is 1. The topological polar surface area (TPSA) is 50.4 Å². The van der Waals surface area contributed by atoms with Gasteiger partial charge in [0.15, 0.2) is 0 Å². The Labute approximate surface area is 103 Å². The third-order valence-electron chi connectivity index (χ3n) is 1.77. The van der Waals surface area contributed by atoms with Crippen molar-refractivity contribution in [2.24, 2.45) is 10.8 Å². The van der Waals surface area contributed by atoms with E-state index in [1.165, 1.54) is 12.1 Å².